The minimum absolute atomic E-state index is 0.0375. The van der Waals surface area contributed by atoms with Crippen LogP contribution in [0.5, 0.6) is 0 Å². The summed E-state index contributed by atoms with van der Waals surface area (Å²) in [5, 5.41) is 9.96. The van der Waals surface area contributed by atoms with E-state index in [0.717, 1.165) is 0 Å². The molecule has 2 rings (SSSR count). The van der Waals surface area contributed by atoms with Crippen LogP contribution in [-0.4, -0.2) is 25.1 Å². The summed E-state index contributed by atoms with van der Waals surface area (Å²) in [5.74, 6) is -0.552. The number of allylic oxidation sites excluding steroid dienone is 6. The first-order valence-corrected chi connectivity index (χ1v) is 4.85. The number of methoxy groups -OCH3 is 2. The van der Waals surface area contributed by atoms with Crippen LogP contribution in [0.3, 0.4) is 0 Å². The molecule has 0 aliphatic heterocycles. The van der Waals surface area contributed by atoms with Gasteiger partial charge in [-0.2, -0.15) is 0 Å². The van der Waals surface area contributed by atoms with Gasteiger partial charge in [0.25, 0.3) is 0 Å². The van der Waals surface area contributed by atoms with Crippen molar-refractivity contribution in [2.75, 3.05) is 14.2 Å². The van der Waals surface area contributed by atoms with Gasteiger partial charge in [0.2, 0.25) is 17.3 Å². The Balaban J connectivity index is 2.60. The quantitative estimate of drug-likeness (QED) is 0.768. The number of aliphatic hydroxyl groups excluding tert-OH is 1. The van der Waals surface area contributed by atoms with Crippen molar-refractivity contribution in [3.8, 4) is 0 Å². The van der Waals surface area contributed by atoms with Crippen LogP contribution in [-0.2, 0) is 14.3 Å². The maximum Gasteiger partial charge on any atom is 0.212 e. The minimum Gasteiger partial charge on any atom is -0.504 e. The first kappa shape index (κ1) is 10.5. The van der Waals surface area contributed by atoms with Gasteiger partial charge in [-0.25, -0.2) is 0 Å². The van der Waals surface area contributed by atoms with Gasteiger partial charge in [-0.1, -0.05) is 24.3 Å². The average molecular weight is 220 g/mol. The Bertz CT molecular complexity index is 449. The van der Waals surface area contributed by atoms with E-state index in [4.69, 9.17) is 9.47 Å². The van der Waals surface area contributed by atoms with E-state index in [9.17, 15) is 9.90 Å². The monoisotopic (exact) mass is 220 g/mol. The second-order valence-corrected chi connectivity index (χ2v) is 3.46. The van der Waals surface area contributed by atoms with Crippen LogP contribution < -0.4 is 0 Å². The van der Waals surface area contributed by atoms with E-state index >= 15 is 0 Å². The topological polar surface area (TPSA) is 55.8 Å². The fraction of sp³-hybridized carbons (Fsp3) is 0.250. The lowest BCUT2D eigenvalue weighted by Gasteiger charge is -2.25. The zero-order valence-electron chi connectivity index (χ0n) is 9.06. The summed E-state index contributed by atoms with van der Waals surface area (Å²) in [6, 6.07) is 0. The van der Waals surface area contributed by atoms with Gasteiger partial charge >= 0.3 is 0 Å². The summed E-state index contributed by atoms with van der Waals surface area (Å²) in [5.41, 5.74) is 0.546. The fourth-order valence-electron chi connectivity index (χ4n) is 1.87. The first-order chi connectivity index (χ1) is 7.70. The third-order valence-corrected chi connectivity index (χ3v) is 2.63. The summed E-state index contributed by atoms with van der Waals surface area (Å²) < 4.78 is 9.97. The predicted molar refractivity (Wildman–Crippen MR) is 57.5 cm³/mol. The van der Waals surface area contributed by atoms with Gasteiger partial charge in [-0.3, -0.25) is 4.79 Å². The molecule has 0 aromatic heterocycles. The van der Waals surface area contributed by atoms with E-state index in [-0.39, 0.29) is 23.1 Å². The molecule has 16 heavy (non-hydrogen) atoms. The Morgan fingerprint density at radius 3 is 2.50 bits per heavy atom. The number of aliphatic hydroxyl groups is 1. The molecule has 1 N–H and O–H groups in total. The van der Waals surface area contributed by atoms with Crippen molar-refractivity contribution < 1.29 is 19.4 Å². The van der Waals surface area contributed by atoms with E-state index in [1.807, 2.05) is 0 Å². The molecule has 0 saturated heterocycles. The zero-order chi connectivity index (χ0) is 11.7. The van der Waals surface area contributed by atoms with Crippen LogP contribution in [0, 0.1) is 5.92 Å². The molecule has 1 atom stereocenters. The zero-order valence-corrected chi connectivity index (χ0v) is 9.06. The van der Waals surface area contributed by atoms with Crippen molar-refractivity contribution in [3.63, 3.8) is 0 Å². The van der Waals surface area contributed by atoms with Crippen LogP contribution in [0.2, 0.25) is 0 Å². The SMILES string of the molecule is COC1=C(OC)C(O)=C2C=CC=CC2C1=O. The van der Waals surface area contributed by atoms with Crippen LogP contribution in [0.1, 0.15) is 0 Å². The normalized spacial score (nSPS) is 23.6. The molecule has 4 heteroatoms. The van der Waals surface area contributed by atoms with Gasteiger partial charge < -0.3 is 14.6 Å². The number of hydrogen-bond donors (Lipinski definition) is 1. The van der Waals surface area contributed by atoms with Crippen LogP contribution >= 0.6 is 0 Å². The number of ether oxygens (including phenoxy) is 2. The molecule has 4 nitrogen and oxygen atoms in total. The highest BCUT2D eigenvalue weighted by atomic mass is 16.5. The standard InChI is InChI=1S/C12H12O4/c1-15-11-9(13)7-5-3-4-6-8(7)10(14)12(11)16-2/h3-7,14H,1-2H3. The molecule has 0 fully saturated rings. The van der Waals surface area contributed by atoms with Gasteiger partial charge in [-0.05, 0) is 0 Å². The molecule has 0 heterocycles. The Morgan fingerprint density at radius 1 is 1.19 bits per heavy atom. The molecule has 0 aromatic carbocycles. The second kappa shape index (κ2) is 3.89. The Morgan fingerprint density at radius 2 is 1.88 bits per heavy atom. The largest absolute Gasteiger partial charge is 0.504 e. The number of ketones is 1. The fourth-order valence-corrected chi connectivity index (χ4v) is 1.87. The summed E-state index contributed by atoms with van der Waals surface area (Å²) in [6.07, 6.45) is 6.95. The Labute approximate surface area is 93.2 Å². The summed E-state index contributed by atoms with van der Waals surface area (Å²) in [7, 11) is 2.77. The lowest BCUT2D eigenvalue weighted by molar-refractivity contribution is -0.120. The van der Waals surface area contributed by atoms with E-state index < -0.39 is 5.92 Å². The number of hydrogen-bond acceptors (Lipinski definition) is 4. The Kier molecular flexibility index (Phi) is 2.56. The highest BCUT2D eigenvalue weighted by molar-refractivity contribution is 6.01. The highest BCUT2D eigenvalue weighted by Crippen LogP contribution is 2.34. The summed E-state index contributed by atoms with van der Waals surface area (Å²) in [6.45, 7) is 0. The molecule has 84 valence electrons. The van der Waals surface area contributed by atoms with Crippen molar-refractivity contribution >= 4 is 5.78 Å². The van der Waals surface area contributed by atoms with Crippen LogP contribution in [0.4, 0.5) is 0 Å². The molecular weight excluding hydrogens is 208 g/mol. The van der Waals surface area contributed by atoms with Crippen LogP contribution in [0.25, 0.3) is 0 Å². The lowest BCUT2D eigenvalue weighted by atomic mass is 9.84. The summed E-state index contributed by atoms with van der Waals surface area (Å²) >= 11 is 0. The molecule has 0 aromatic rings. The van der Waals surface area contributed by atoms with Crippen molar-refractivity contribution in [2.24, 2.45) is 5.92 Å². The third-order valence-electron chi connectivity index (χ3n) is 2.63. The average Bonchev–Trinajstić information content (AvgIpc) is 2.33. The maximum absolute atomic E-state index is 12.0. The number of carbonyl (C=O) groups is 1. The molecule has 0 saturated carbocycles. The number of carbonyl (C=O) groups excluding carboxylic acids is 1. The smallest absolute Gasteiger partial charge is 0.212 e. The number of Topliss-reactive ketones (excluding diaryl/α,β-unsaturated/α-hetero) is 1. The van der Waals surface area contributed by atoms with Crippen molar-refractivity contribution in [2.45, 2.75) is 0 Å². The number of rotatable bonds is 2. The van der Waals surface area contributed by atoms with Gasteiger partial charge in [0.05, 0.1) is 20.1 Å². The predicted octanol–water partition coefficient (Wildman–Crippen LogP) is 1.63. The highest BCUT2D eigenvalue weighted by Gasteiger charge is 2.36. The summed E-state index contributed by atoms with van der Waals surface area (Å²) in [4.78, 5) is 12.0. The first-order valence-electron chi connectivity index (χ1n) is 4.85. The third kappa shape index (κ3) is 1.34. The van der Waals surface area contributed by atoms with E-state index in [1.165, 1.54) is 14.2 Å². The van der Waals surface area contributed by atoms with Crippen LogP contribution in [0.15, 0.2) is 47.2 Å². The van der Waals surface area contributed by atoms with Gasteiger partial charge in [0.1, 0.15) is 0 Å². The van der Waals surface area contributed by atoms with Crippen molar-refractivity contribution in [3.05, 3.63) is 47.2 Å². The number of fused-ring (bicyclic) bond motifs is 1. The molecule has 1 unspecified atom stereocenters. The molecule has 0 bridgehead atoms. The maximum atomic E-state index is 12.0. The van der Waals surface area contributed by atoms with E-state index in [1.54, 1.807) is 24.3 Å². The molecule has 2 aliphatic carbocycles. The van der Waals surface area contributed by atoms with E-state index in [2.05, 4.69) is 0 Å². The lowest BCUT2D eigenvalue weighted by Crippen LogP contribution is -2.26. The van der Waals surface area contributed by atoms with Gasteiger partial charge in [0.15, 0.2) is 5.76 Å². The molecule has 0 radical (unpaired) electrons. The molecule has 0 spiro atoms. The van der Waals surface area contributed by atoms with Crippen molar-refractivity contribution in [1.29, 1.82) is 0 Å². The molecular formula is C12H12O4. The minimum atomic E-state index is -0.473. The van der Waals surface area contributed by atoms with Crippen molar-refractivity contribution in [1.82, 2.24) is 0 Å². The second-order valence-electron chi connectivity index (χ2n) is 3.46. The van der Waals surface area contributed by atoms with Gasteiger partial charge in [0, 0.05) is 5.57 Å². The molecule has 0 amide bonds. The molecule has 2 aliphatic rings. The van der Waals surface area contributed by atoms with Gasteiger partial charge in [-0.15, -0.1) is 0 Å². The van der Waals surface area contributed by atoms with E-state index in [0.29, 0.717) is 5.57 Å². The Hall–Kier alpha value is -1.97.